The Bertz CT molecular complexity index is 1720. The monoisotopic (exact) mass is 435 g/mol. The minimum atomic E-state index is 0.644. The Morgan fingerprint density at radius 2 is 1.47 bits per heavy atom. The number of nitrogens with zero attached hydrogens (tertiary/aromatic N) is 3. The van der Waals surface area contributed by atoms with E-state index < -0.39 is 0 Å². The van der Waals surface area contributed by atoms with Gasteiger partial charge in [0.1, 0.15) is 0 Å². The van der Waals surface area contributed by atoms with Crippen molar-refractivity contribution in [2.45, 2.75) is 6.92 Å². The van der Waals surface area contributed by atoms with Crippen LogP contribution in [0.2, 0.25) is 0 Å². The van der Waals surface area contributed by atoms with Crippen LogP contribution in [0.25, 0.3) is 49.7 Å². The van der Waals surface area contributed by atoms with Crippen molar-refractivity contribution in [1.82, 2.24) is 9.55 Å². The Hall–Kier alpha value is -4.68. The highest BCUT2D eigenvalue weighted by atomic mass is 15.0. The molecule has 0 saturated carbocycles. The van der Waals surface area contributed by atoms with E-state index in [1.54, 1.807) is 12.4 Å². The molecule has 6 aromatic rings. The van der Waals surface area contributed by atoms with Crippen LogP contribution in [0.15, 0.2) is 109 Å². The van der Waals surface area contributed by atoms with Crippen molar-refractivity contribution in [3.63, 3.8) is 0 Å². The number of hydrogen-bond acceptors (Lipinski definition) is 2. The van der Waals surface area contributed by atoms with Crippen LogP contribution < -0.4 is 0 Å². The molecule has 0 amide bonds. The Labute approximate surface area is 198 Å². The van der Waals surface area contributed by atoms with Crippen LogP contribution >= 0.6 is 0 Å². The van der Waals surface area contributed by atoms with E-state index in [0.717, 1.165) is 27.8 Å². The summed E-state index contributed by atoms with van der Waals surface area (Å²) in [5.41, 5.74) is 9.43. The highest BCUT2D eigenvalue weighted by Crippen LogP contribution is 2.36. The molecule has 0 aliphatic rings. The molecule has 2 aromatic heterocycles. The second-order valence-electron chi connectivity index (χ2n) is 8.53. The molecule has 0 bridgehead atoms. The minimum Gasteiger partial charge on any atom is -0.309 e. The Balaban J connectivity index is 1.58. The molecule has 160 valence electrons. The average molecular weight is 436 g/mol. The van der Waals surface area contributed by atoms with E-state index >= 15 is 0 Å². The maximum absolute atomic E-state index is 9.94. The van der Waals surface area contributed by atoms with Crippen LogP contribution in [-0.4, -0.2) is 9.55 Å². The summed E-state index contributed by atoms with van der Waals surface area (Å²) in [6.45, 7) is 2.12. The fourth-order valence-electron chi connectivity index (χ4n) is 4.80. The number of para-hydroxylation sites is 1. The number of hydrogen-bond donors (Lipinski definition) is 0. The summed E-state index contributed by atoms with van der Waals surface area (Å²) in [7, 11) is 0. The summed E-state index contributed by atoms with van der Waals surface area (Å²) in [4.78, 5) is 4.10. The predicted molar refractivity (Wildman–Crippen MR) is 139 cm³/mol. The van der Waals surface area contributed by atoms with Crippen molar-refractivity contribution in [3.05, 3.63) is 121 Å². The molecular formula is C31H21N3. The molecule has 0 unspecified atom stereocenters. The molecule has 0 fully saturated rings. The van der Waals surface area contributed by atoms with Gasteiger partial charge in [-0.25, -0.2) is 0 Å². The summed E-state index contributed by atoms with van der Waals surface area (Å²) >= 11 is 0. The van der Waals surface area contributed by atoms with Gasteiger partial charge in [-0.1, -0.05) is 60.2 Å². The molecule has 4 aromatic carbocycles. The third-order valence-corrected chi connectivity index (χ3v) is 6.40. The maximum Gasteiger partial charge on any atom is 0.0998 e. The van der Waals surface area contributed by atoms with Gasteiger partial charge in [0, 0.05) is 28.9 Å². The molecule has 0 aliphatic carbocycles. The topological polar surface area (TPSA) is 41.6 Å². The van der Waals surface area contributed by atoms with Gasteiger partial charge in [0.2, 0.25) is 0 Å². The highest BCUT2D eigenvalue weighted by Gasteiger charge is 2.15. The lowest BCUT2D eigenvalue weighted by atomic mass is 10.0. The second-order valence-corrected chi connectivity index (χ2v) is 8.53. The number of rotatable bonds is 3. The van der Waals surface area contributed by atoms with Gasteiger partial charge in [0.25, 0.3) is 0 Å². The van der Waals surface area contributed by atoms with Crippen molar-refractivity contribution in [1.29, 1.82) is 5.26 Å². The first-order chi connectivity index (χ1) is 16.7. The first kappa shape index (κ1) is 20.0. The lowest BCUT2D eigenvalue weighted by molar-refractivity contribution is 1.18. The van der Waals surface area contributed by atoms with Gasteiger partial charge in [-0.2, -0.15) is 5.26 Å². The van der Waals surface area contributed by atoms with Crippen LogP contribution in [0, 0.1) is 18.3 Å². The SMILES string of the molecule is Cc1cccc(-c2ccc3c(c2)c2ccccc2n3-c2ccc(-c3ccncc3)c(C#N)c2)c1. The Morgan fingerprint density at radius 1 is 0.676 bits per heavy atom. The normalized spacial score (nSPS) is 11.1. The molecule has 3 heteroatoms. The first-order valence-corrected chi connectivity index (χ1v) is 11.3. The zero-order valence-corrected chi connectivity index (χ0v) is 18.7. The lowest BCUT2D eigenvalue weighted by Gasteiger charge is -2.11. The zero-order chi connectivity index (χ0) is 23.1. The average Bonchev–Trinajstić information content (AvgIpc) is 3.22. The number of pyridine rings is 1. The molecule has 0 aliphatic heterocycles. The molecule has 3 nitrogen and oxygen atoms in total. The van der Waals surface area contributed by atoms with Gasteiger partial charge in [-0.15, -0.1) is 0 Å². The molecule has 0 atom stereocenters. The molecular weight excluding hydrogens is 414 g/mol. The fraction of sp³-hybridized carbons (Fsp3) is 0.0323. The Morgan fingerprint density at radius 3 is 2.29 bits per heavy atom. The third-order valence-electron chi connectivity index (χ3n) is 6.40. The summed E-state index contributed by atoms with van der Waals surface area (Å²) in [6, 6.07) is 36.1. The number of fused-ring (bicyclic) bond motifs is 3. The molecule has 34 heavy (non-hydrogen) atoms. The van der Waals surface area contributed by atoms with E-state index in [0.29, 0.717) is 5.56 Å². The van der Waals surface area contributed by atoms with Crippen molar-refractivity contribution < 1.29 is 0 Å². The van der Waals surface area contributed by atoms with Crippen molar-refractivity contribution in [3.8, 4) is 34.0 Å². The summed E-state index contributed by atoms with van der Waals surface area (Å²) in [6.07, 6.45) is 3.51. The van der Waals surface area contributed by atoms with Gasteiger partial charge in [-0.3, -0.25) is 4.98 Å². The number of aryl methyl sites for hydroxylation is 1. The van der Waals surface area contributed by atoms with E-state index in [4.69, 9.17) is 0 Å². The summed E-state index contributed by atoms with van der Waals surface area (Å²) in [5.74, 6) is 0. The molecule has 0 N–H and O–H groups in total. The van der Waals surface area contributed by atoms with Gasteiger partial charge >= 0.3 is 0 Å². The van der Waals surface area contributed by atoms with Crippen molar-refractivity contribution in [2.24, 2.45) is 0 Å². The van der Waals surface area contributed by atoms with Crippen LogP contribution in [0.5, 0.6) is 0 Å². The molecule has 6 rings (SSSR count). The number of nitriles is 1. The predicted octanol–water partition coefficient (Wildman–Crippen LogP) is 7.69. The van der Waals surface area contributed by atoms with Crippen LogP contribution in [0.3, 0.4) is 0 Å². The van der Waals surface area contributed by atoms with E-state index in [1.807, 2.05) is 24.3 Å². The van der Waals surface area contributed by atoms with Crippen LogP contribution in [-0.2, 0) is 0 Å². The number of aromatic nitrogens is 2. The quantitative estimate of drug-likeness (QED) is 0.286. The van der Waals surface area contributed by atoms with Crippen molar-refractivity contribution in [2.75, 3.05) is 0 Å². The van der Waals surface area contributed by atoms with E-state index in [-0.39, 0.29) is 0 Å². The summed E-state index contributed by atoms with van der Waals surface area (Å²) < 4.78 is 2.25. The standard InChI is InChI=1S/C31H21N3/c1-21-5-4-6-23(17-21)24-9-12-31-29(19-24)28-7-2-3-8-30(28)34(31)26-10-11-27(25(18-26)20-32)22-13-15-33-16-14-22/h2-19H,1H3. The smallest absolute Gasteiger partial charge is 0.0998 e. The van der Waals surface area contributed by atoms with Crippen LogP contribution in [0.4, 0.5) is 0 Å². The highest BCUT2D eigenvalue weighted by molar-refractivity contribution is 6.10. The number of benzene rings is 4. The molecule has 0 saturated heterocycles. The largest absolute Gasteiger partial charge is 0.309 e. The van der Waals surface area contributed by atoms with E-state index in [9.17, 15) is 5.26 Å². The molecule has 0 radical (unpaired) electrons. The second kappa shape index (κ2) is 8.03. The maximum atomic E-state index is 9.94. The van der Waals surface area contributed by atoms with Gasteiger partial charge < -0.3 is 4.57 Å². The third kappa shape index (κ3) is 3.25. The fourth-order valence-corrected chi connectivity index (χ4v) is 4.80. The Kier molecular flexibility index (Phi) is 4.71. The first-order valence-electron chi connectivity index (χ1n) is 11.3. The van der Waals surface area contributed by atoms with E-state index in [2.05, 4.69) is 95.3 Å². The minimum absolute atomic E-state index is 0.644. The van der Waals surface area contributed by atoms with Gasteiger partial charge in [-0.05, 0) is 71.6 Å². The van der Waals surface area contributed by atoms with Gasteiger partial charge in [0.05, 0.1) is 22.7 Å². The zero-order valence-electron chi connectivity index (χ0n) is 18.7. The van der Waals surface area contributed by atoms with Gasteiger partial charge in [0.15, 0.2) is 0 Å². The van der Waals surface area contributed by atoms with Crippen LogP contribution in [0.1, 0.15) is 11.1 Å². The molecule has 2 heterocycles. The van der Waals surface area contributed by atoms with E-state index in [1.165, 1.54) is 27.5 Å². The summed E-state index contributed by atoms with van der Waals surface area (Å²) in [5, 5.41) is 12.3. The van der Waals surface area contributed by atoms with Crippen molar-refractivity contribution >= 4 is 21.8 Å². The lowest BCUT2D eigenvalue weighted by Crippen LogP contribution is -1.96. The molecule has 0 spiro atoms.